The van der Waals surface area contributed by atoms with Crippen molar-refractivity contribution < 1.29 is 4.74 Å². The van der Waals surface area contributed by atoms with Gasteiger partial charge in [0.15, 0.2) is 5.82 Å². The van der Waals surface area contributed by atoms with Gasteiger partial charge in [0.1, 0.15) is 16.5 Å². The first-order chi connectivity index (χ1) is 9.91. The van der Waals surface area contributed by atoms with E-state index in [-0.39, 0.29) is 5.60 Å². The number of benzene rings is 1. The van der Waals surface area contributed by atoms with Crippen molar-refractivity contribution in [2.75, 3.05) is 0 Å². The van der Waals surface area contributed by atoms with Gasteiger partial charge in [0, 0.05) is 17.7 Å². The van der Waals surface area contributed by atoms with Gasteiger partial charge in [-0.25, -0.2) is 9.97 Å². The van der Waals surface area contributed by atoms with Crippen molar-refractivity contribution in [2.24, 2.45) is 0 Å². The first kappa shape index (κ1) is 14.3. The Morgan fingerprint density at radius 1 is 1.29 bits per heavy atom. The molecule has 0 fully saturated rings. The molecule has 110 valence electrons. The Labute approximate surface area is 130 Å². The number of para-hydroxylation sites is 1. The first-order valence-corrected chi connectivity index (χ1v) is 7.63. The predicted molar refractivity (Wildman–Crippen MR) is 85.0 cm³/mol. The Balaban J connectivity index is 2.16. The lowest BCUT2D eigenvalue weighted by atomic mass is 10.0. The molecule has 2 aromatic rings. The fourth-order valence-corrected chi connectivity index (χ4v) is 2.98. The molecule has 1 aliphatic rings. The van der Waals surface area contributed by atoms with Crippen molar-refractivity contribution in [1.29, 1.82) is 0 Å². The second kappa shape index (κ2) is 4.99. The molecule has 0 spiro atoms. The van der Waals surface area contributed by atoms with E-state index in [4.69, 9.17) is 16.3 Å². The number of rotatable bonds is 2. The van der Waals surface area contributed by atoms with Crippen molar-refractivity contribution in [3.8, 4) is 17.1 Å². The number of ether oxygens (including phenoxy) is 1. The molecule has 0 N–H and O–H groups in total. The van der Waals surface area contributed by atoms with Crippen LogP contribution in [-0.4, -0.2) is 15.6 Å². The van der Waals surface area contributed by atoms with Crippen molar-refractivity contribution >= 4 is 11.6 Å². The lowest BCUT2D eigenvalue weighted by Gasteiger charge is -2.18. The lowest BCUT2D eigenvalue weighted by Crippen LogP contribution is -2.24. The van der Waals surface area contributed by atoms with E-state index in [0.717, 1.165) is 35.4 Å². The highest BCUT2D eigenvalue weighted by atomic mass is 35.5. The smallest absolute Gasteiger partial charge is 0.164 e. The van der Waals surface area contributed by atoms with E-state index in [9.17, 15) is 0 Å². The van der Waals surface area contributed by atoms with Crippen LogP contribution in [0.25, 0.3) is 11.4 Å². The summed E-state index contributed by atoms with van der Waals surface area (Å²) in [5, 5.41) is 0.520. The highest BCUT2D eigenvalue weighted by Gasteiger charge is 2.32. The largest absolute Gasteiger partial charge is 0.486 e. The maximum Gasteiger partial charge on any atom is 0.164 e. The highest BCUT2D eigenvalue weighted by molar-refractivity contribution is 6.30. The number of hydrogen-bond donors (Lipinski definition) is 0. The van der Waals surface area contributed by atoms with E-state index in [1.165, 1.54) is 5.56 Å². The summed E-state index contributed by atoms with van der Waals surface area (Å²) in [7, 11) is 0. The van der Waals surface area contributed by atoms with E-state index >= 15 is 0 Å². The monoisotopic (exact) mass is 302 g/mol. The van der Waals surface area contributed by atoms with E-state index in [1.807, 2.05) is 19.1 Å². The van der Waals surface area contributed by atoms with Crippen LogP contribution in [0.5, 0.6) is 5.75 Å². The first-order valence-electron chi connectivity index (χ1n) is 7.25. The zero-order valence-corrected chi connectivity index (χ0v) is 13.6. The molecule has 1 aliphatic heterocycles. The Bertz CT molecular complexity index is 710. The van der Waals surface area contributed by atoms with Gasteiger partial charge in [-0.1, -0.05) is 30.7 Å². The van der Waals surface area contributed by atoms with Crippen LogP contribution in [-0.2, 0) is 12.8 Å². The summed E-state index contributed by atoms with van der Waals surface area (Å²) < 4.78 is 6.10. The van der Waals surface area contributed by atoms with Gasteiger partial charge in [-0.05, 0) is 38.8 Å². The summed E-state index contributed by atoms with van der Waals surface area (Å²) in [6.45, 7) is 8.22. The Hall–Kier alpha value is -1.61. The minimum atomic E-state index is -0.180. The van der Waals surface area contributed by atoms with Crippen LogP contribution in [0.4, 0.5) is 0 Å². The third-order valence-corrected chi connectivity index (χ3v) is 4.22. The SMILES string of the molecule is CCc1nc(-c2cccc3c2OC(C)(C)C3)nc(Cl)c1C. The minimum Gasteiger partial charge on any atom is -0.486 e. The van der Waals surface area contributed by atoms with Crippen LogP contribution in [0.1, 0.15) is 37.6 Å². The topological polar surface area (TPSA) is 35.0 Å². The molecule has 0 saturated heterocycles. The second-order valence-electron chi connectivity index (χ2n) is 6.10. The molecule has 21 heavy (non-hydrogen) atoms. The average molecular weight is 303 g/mol. The third kappa shape index (κ3) is 2.51. The van der Waals surface area contributed by atoms with E-state index in [1.54, 1.807) is 0 Å². The van der Waals surface area contributed by atoms with Gasteiger partial charge in [-0.15, -0.1) is 0 Å². The molecule has 3 nitrogen and oxygen atoms in total. The molecule has 1 aromatic carbocycles. The number of aromatic nitrogens is 2. The van der Waals surface area contributed by atoms with Crippen molar-refractivity contribution in [1.82, 2.24) is 9.97 Å². The quantitative estimate of drug-likeness (QED) is 0.772. The number of fused-ring (bicyclic) bond motifs is 1. The van der Waals surface area contributed by atoms with Gasteiger partial charge in [-0.2, -0.15) is 0 Å². The molecule has 0 radical (unpaired) electrons. The zero-order valence-electron chi connectivity index (χ0n) is 12.8. The van der Waals surface area contributed by atoms with Gasteiger partial charge in [-0.3, -0.25) is 0 Å². The van der Waals surface area contributed by atoms with Gasteiger partial charge in [0.05, 0.1) is 5.56 Å². The summed E-state index contributed by atoms with van der Waals surface area (Å²) in [5.74, 6) is 1.54. The van der Waals surface area contributed by atoms with Gasteiger partial charge >= 0.3 is 0 Å². The molecule has 0 saturated carbocycles. The van der Waals surface area contributed by atoms with Crippen LogP contribution in [0, 0.1) is 6.92 Å². The van der Waals surface area contributed by atoms with Crippen molar-refractivity contribution in [3.63, 3.8) is 0 Å². The van der Waals surface area contributed by atoms with E-state index in [2.05, 4.69) is 36.8 Å². The molecule has 0 bridgehead atoms. The van der Waals surface area contributed by atoms with Gasteiger partial charge < -0.3 is 4.74 Å². The van der Waals surface area contributed by atoms with Gasteiger partial charge in [0.2, 0.25) is 0 Å². The van der Waals surface area contributed by atoms with E-state index in [0.29, 0.717) is 11.0 Å². The number of aryl methyl sites for hydroxylation is 1. The van der Waals surface area contributed by atoms with Crippen molar-refractivity contribution in [2.45, 2.75) is 46.1 Å². The fourth-order valence-electron chi connectivity index (χ4n) is 2.79. The van der Waals surface area contributed by atoms with Crippen LogP contribution in [0.15, 0.2) is 18.2 Å². The molecule has 3 rings (SSSR count). The number of hydrogen-bond acceptors (Lipinski definition) is 3. The highest BCUT2D eigenvalue weighted by Crippen LogP contribution is 2.41. The number of halogens is 1. The van der Waals surface area contributed by atoms with Crippen molar-refractivity contribution in [3.05, 3.63) is 40.2 Å². The summed E-state index contributed by atoms with van der Waals surface area (Å²) >= 11 is 6.26. The van der Waals surface area contributed by atoms with Crippen LogP contribution in [0.3, 0.4) is 0 Å². The van der Waals surface area contributed by atoms with E-state index < -0.39 is 0 Å². The summed E-state index contributed by atoms with van der Waals surface area (Å²) in [6, 6.07) is 6.13. The second-order valence-corrected chi connectivity index (χ2v) is 6.45. The molecule has 0 aliphatic carbocycles. The maximum absolute atomic E-state index is 6.26. The zero-order chi connectivity index (χ0) is 15.2. The molecule has 0 amide bonds. The molecular weight excluding hydrogens is 284 g/mol. The Morgan fingerprint density at radius 2 is 2.05 bits per heavy atom. The van der Waals surface area contributed by atoms with Crippen LogP contribution >= 0.6 is 11.6 Å². The molecular formula is C17H19ClN2O. The minimum absolute atomic E-state index is 0.180. The molecule has 0 unspecified atom stereocenters. The number of nitrogens with zero attached hydrogens (tertiary/aromatic N) is 2. The van der Waals surface area contributed by atoms with Crippen LogP contribution < -0.4 is 4.74 Å². The summed E-state index contributed by atoms with van der Waals surface area (Å²) in [5.41, 5.74) is 3.89. The molecule has 4 heteroatoms. The molecule has 2 heterocycles. The third-order valence-electron chi connectivity index (χ3n) is 3.85. The Morgan fingerprint density at radius 3 is 2.76 bits per heavy atom. The standard InChI is InChI=1S/C17H19ClN2O/c1-5-13-10(2)15(18)20-16(19-13)12-8-6-7-11-9-17(3,4)21-14(11)12/h6-8H,5,9H2,1-4H3. The van der Waals surface area contributed by atoms with Crippen LogP contribution in [0.2, 0.25) is 5.15 Å². The summed E-state index contributed by atoms with van der Waals surface area (Å²) in [6.07, 6.45) is 1.73. The fraction of sp³-hybridized carbons (Fsp3) is 0.412. The average Bonchev–Trinajstić information content (AvgIpc) is 2.75. The molecule has 0 atom stereocenters. The summed E-state index contributed by atoms with van der Waals surface area (Å²) in [4.78, 5) is 9.12. The lowest BCUT2D eigenvalue weighted by molar-refractivity contribution is 0.139. The van der Waals surface area contributed by atoms with Gasteiger partial charge in [0.25, 0.3) is 0 Å². The molecule has 1 aromatic heterocycles. The predicted octanol–water partition coefficient (Wildman–Crippen LogP) is 4.38. The normalized spacial score (nSPS) is 15.7. The Kier molecular flexibility index (Phi) is 3.40. The maximum atomic E-state index is 6.26.